The molecule has 8 heteroatoms. The molecule has 0 N–H and O–H groups in total. The van der Waals surface area contributed by atoms with Gasteiger partial charge < -0.3 is 9.47 Å². The fraction of sp³-hybridized carbons (Fsp3) is 0.765. The van der Waals surface area contributed by atoms with Gasteiger partial charge in [0.25, 0.3) is 5.91 Å². The summed E-state index contributed by atoms with van der Waals surface area (Å²) in [4.78, 5) is 18.7. The zero-order chi connectivity index (χ0) is 18.0. The Kier molecular flexibility index (Phi) is 5.48. The Bertz CT molecular complexity index is 707. The maximum absolute atomic E-state index is 12.7. The minimum absolute atomic E-state index is 0.0291. The van der Waals surface area contributed by atoms with Crippen molar-refractivity contribution < 1.29 is 13.2 Å². The van der Waals surface area contributed by atoms with Crippen LogP contribution in [-0.4, -0.2) is 65.0 Å². The first-order valence-electron chi connectivity index (χ1n) is 9.18. The number of aryl methyl sites for hydroxylation is 1. The molecule has 0 spiro atoms. The zero-order valence-corrected chi connectivity index (χ0v) is 15.9. The summed E-state index contributed by atoms with van der Waals surface area (Å²) in [5.74, 6) is 0.372. The highest BCUT2D eigenvalue weighted by Crippen LogP contribution is 2.32. The van der Waals surface area contributed by atoms with E-state index >= 15 is 0 Å². The molecule has 0 saturated carbocycles. The van der Waals surface area contributed by atoms with Crippen LogP contribution in [0.4, 0.5) is 0 Å². The van der Waals surface area contributed by atoms with Gasteiger partial charge in [0.2, 0.25) is 10.0 Å². The van der Waals surface area contributed by atoms with Gasteiger partial charge in [0.15, 0.2) is 0 Å². The quantitative estimate of drug-likeness (QED) is 0.808. The van der Waals surface area contributed by atoms with Crippen molar-refractivity contribution >= 4 is 15.9 Å². The molecule has 1 aromatic rings. The van der Waals surface area contributed by atoms with Crippen LogP contribution in [0.25, 0.3) is 0 Å². The van der Waals surface area contributed by atoms with Crippen molar-refractivity contribution in [1.82, 2.24) is 18.8 Å². The lowest BCUT2D eigenvalue weighted by molar-refractivity contribution is 0.0610. The molecule has 3 heterocycles. The average molecular weight is 369 g/mol. The van der Waals surface area contributed by atoms with Crippen molar-refractivity contribution in [1.29, 1.82) is 0 Å². The number of hydrogen-bond donors (Lipinski definition) is 0. The van der Waals surface area contributed by atoms with Gasteiger partial charge in [0.05, 0.1) is 18.8 Å². The summed E-state index contributed by atoms with van der Waals surface area (Å²) in [7, 11) is -3.16. The molecule has 1 aromatic heterocycles. The minimum atomic E-state index is -3.16. The molecule has 0 aromatic carbocycles. The summed E-state index contributed by atoms with van der Waals surface area (Å²) in [6.45, 7) is 4.73. The van der Waals surface area contributed by atoms with E-state index in [2.05, 4.69) is 4.98 Å². The van der Waals surface area contributed by atoms with Crippen molar-refractivity contribution in [2.75, 3.05) is 25.9 Å². The highest BCUT2D eigenvalue weighted by molar-refractivity contribution is 7.88. The monoisotopic (exact) mass is 368 g/mol. The Morgan fingerprint density at radius 1 is 1.20 bits per heavy atom. The minimum Gasteiger partial charge on any atom is -0.337 e. The molecule has 0 unspecified atom stereocenters. The van der Waals surface area contributed by atoms with Crippen LogP contribution in [0.2, 0.25) is 0 Å². The summed E-state index contributed by atoms with van der Waals surface area (Å²) >= 11 is 0. The van der Waals surface area contributed by atoms with Crippen LogP contribution in [0.5, 0.6) is 0 Å². The molecule has 3 rings (SSSR count). The normalized spacial score (nSPS) is 23.8. The number of rotatable bonds is 4. The van der Waals surface area contributed by atoms with Crippen molar-refractivity contribution in [3.05, 3.63) is 18.2 Å². The van der Waals surface area contributed by atoms with Gasteiger partial charge in [-0.05, 0) is 38.5 Å². The van der Waals surface area contributed by atoms with Crippen LogP contribution in [0.15, 0.2) is 12.5 Å². The third-order valence-corrected chi connectivity index (χ3v) is 6.87. The summed E-state index contributed by atoms with van der Waals surface area (Å²) in [6.07, 6.45) is 9.33. The number of aromatic nitrogens is 2. The third kappa shape index (κ3) is 3.89. The Morgan fingerprint density at radius 2 is 1.92 bits per heavy atom. The Morgan fingerprint density at radius 3 is 2.56 bits per heavy atom. The first kappa shape index (κ1) is 18.4. The van der Waals surface area contributed by atoms with Crippen LogP contribution in [0.1, 0.15) is 49.5 Å². The molecule has 0 aliphatic carbocycles. The molecular formula is C17H28N4O3S. The van der Waals surface area contributed by atoms with E-state index in [1.807, 2.05) is 16.4 Å². The lowest BCUT2D eigenvalue weighted by Gasteiger charge is -2.42. The lowest BCUT2D eigenvalue weighted by atomic mass is 9.85. The summed E-state index contributed by atoms with van der Waals surface area (Å²) < 4.78 is 27.7. The topological polar surface area (TPSA) is 75.5 Å². The Labute approximate surface area is 150 Å². The highest BCUT2D eigenvalue weighted by atomic mass is 32.2. The lowest BCUT2D eigenvalue weighted by Crippen LogP contribution is -2.50. The SMILES string of the molecule is CCn1cncc1C(=O)N1CCC([C@H]2CCCCN2S(C)(=O)=O)CC1. The van der Waals surface area contributed by atoms with E-state index in [1.165, 1.54) is 6.26 Å². The van der Waals surface area contributed by atoms with Crippen LogP contribution in [0.3, 0.4) is 0 Å². The maximum atomic E-state index is 12.7. The van der Waals surface area contributed by atoms with E-state index in [4.69, 9.17) is 0 Å². The predicted octanol–water partition coefficient (Wildman–Crippen LogP) is 1.57. The van der Waals surface area contributed by atoms with E-state index in [0.29, 0.717) is 31.2 Å². The van der Waals surface area contributed by atoms with Gasteiger partial charge in [-0.15, -0.1) is 0 Å². The van der Waals surface area contributed by atoms with Crippen LogP contribution >= 0.6 is 0 Å². The number of imidazole rings is 1. The largest absolute Gasteiger partial charge is 0.337 e. The van der Waals surface area contributed by atoms with Gasteiger partial charge in [0, 0.05) is 32.2 Å². The van der Waals surface area contributed by atoms with Gasteiger partial charge in [-0.2, -0.15) is 4.31 Å². The fourth-order valence-electron chi connectivity index (χ4n) is 4.21. The molecule has 0 bridgehead atoms. The van der Waals surface area contributed by atoms with E-state index in [1.54, 1.807) is 16.8 Å². The standard InChI is InChI=1S/C17H28N4O3S/c1-3-19-13-18-12-16(19)17(22)20-10-7-14(8-11-20)15-6-4-5-9-21(15)25(2,23)24/h12-15H,3-11H2,1-2H3/t15-/m1/s1. The smallest absolute Gasteiger partial charge is 0.272 e. The van der Waals surface area contributed by atoms with Crippen LogP contribution in [0, 0.1) is 5.92 Å². The first-order chi connectivity index (χ1) is 11.9. The summed E-state index contributed by atoms with van der Waals surface area (Å²) in [6, 6.07) is 0.0992. The first-order valence-corrected chi connectivity index (χ1v) is 11.0. The predicted molar refractivity (Wildman–Crippen MR) is 95.7 cm³/mol. The van der Waals surface area contributed by atoms with Gasteiger partial charge in [-0.25, -0.2) is 13.4 Å². The van der Waals surface area contributed by atoms with Gasteiger partial charge in [-0.1, -0.05) is 6.42 Å². The van der Waals surface area contributed by atoms with E-state index in [9.17, 15) is 13.2 Å². The molecule has 0 radical (unpaired) electrons. The van der Waals surface area contributed by atoms with Crippen molar-refractivity contribution in [2.45, 2.75) is 51.6 Å². The van der Waals surface area contributed by atoms with E-state index in [-0.39, 0.29) is 11.9 Å². The van der Waals surface area contributed by atoms with Crippen LogP contribution in [-0.2, 0) is 16.6 Å². The number of amides is 1. The molecule has 1 atom stereocenters. The fourth-order valence-corrected chi connectivity index (χ4v) is 5.44. The van der Waals surface area contributed by atoms with Crippen molar-refractivity contribution in [3.8, 4) is 0 Å². The van der Waals surface area contributed by atoms with Crippen molar-refractivity contribution in [3.63, 3.8) is 0 Å². The molecule has 2 aliphatic heterocycles. The molecule has 140 valence electrons. The summed E-state index contributed by atoms with van der Waals surface area (Å²) in [5, 5.41) is 0. The molecule has 25 heavy (non-hydrogen) atoms. The number of nitrogens with zero attached hydrogens (tertiary/aromatic N) is 4. The Balaban J connectivity index is 1.64. The Hall–Kier alpha value is -1.41. The van der Waals surface area contributed by atoms with Gasteiger partial charge in [0.1, 0.15) is 5.69 Å². The van der Waals surface area contributed by atoms with Gasteiger partial charge in [-0.3, -0.25) is 4.79 Å². The average Bonchev–Trinajstić information content (AvgIpc) is 3.09. The number of carbonyl (C=O) groups is 1. The van der Waals surface area contributed by atoms with E-state index < -0.39 is 10.0 Å². The molecule has 2 saturated heterocycles. The molecule has 2 aliphatic rings. The molecule has 1 amide bonds. The zero-order valence-electron chi connectivity index (χ0n) is 15.1. The second-order valence-electron chi connectivity index (χ2n) is 7.13. The number of carbonyl (C=O) groups excluding carboxylic acids is 1. The van der Waals surface area contributed by atoms with Gasteiger partial charge >= 0.3 is 0 Å². The second-order valence-corrected chi connectivity index (χ2v) is 9.07. The number of likely N-dealkylation sites (tertiary alicyclic amines) is 1. The van der Waals surface area contributed by atoms with E-state index in [0.717, 1.165) is 38.6 Å². The second kappa shape index (κ2) is 7.45. The molecule has 2 fully saturated rings. The maximum Gasteiger partial charge on any atom is 0.272 e. The highest BCUT2D eigenvalue weighted by Gasteiger charge is 2.37. The van der Waals surface area contributed by atoms with Crippen LogP contribution < -0.4 is 0 Å². The number of sulfonamides is 1. The molecule has 7 nitrogen and oxygen atoms in total. The third-order valence-electron chi connectivity index (χ3n) is 5.57. The summed E-state index contributed by atoms with van der Waals surface area (Å²) in [5.41, 5.74) is 0.636. The number of hydrogen-bond acceptors (Lipinski definition) is 4. The number of piperidine rings is 2. The molecular weight excluding hydrogens is 340 g/mol. The van der Waals surface area contributed by atoms with Crippen molar-refractivity contribution in [2.24, 2.45) is 5.92 Å².